The number of carboxylic acid groups (broad SMARTS) is 1. The van der Waals surface area contributed by atoms with Crippen LogP contribution in [0, 0.1) is 0 Å². The molecular weight excluding hydrogens is 368 g/mol. The summed E-state index contributed by atoms with van der Waals surface area (Å²) in [5.41, 5.74) is 3.29. The summed E-state index contributed by atoms with van der Waals surface area (Å²) < 4.78 is 5.86. The summed E-state index contributed by atoms with van der Waals surface area (Å²) in [5.74, 6) is 0.603. The second-order valence-corrected chi connectivity index (χ2v) is 6.93. The van der Waals surface area contributed by atoms with E-state index in [4.69, 9.17) is 9.84 Å². The number of carbonyl (C=O) groups is 1. The molecule has 0 spiro atoms. The summed E-state index contributed by atoms with van der Waals surface area (Å²) in [6, 6.07) is 12.7. The number of aromatic nitrogens is 2. The summed E-state index contributed by atoms with van der Waals surface area (Å²) in [7, 11) is 0. The van der Waals surface area contributed by atoms with E-state index in [0.29, 0.717) is 13.2 Å². The third-order valence-electron chi connectivity index (χ3n) is 4.93. The van der Waals surface area contributed by atoms with Gasteiger partial charge >= 0.3 is 5.97 Å². The Balaban J connectivity index is 1.59. The molecule has 2 aromatic heterocycles. The molecule has 1 aliphatic rings. The molecule has 3 aromatic rings. The third kappa shape index (κ3) is 4.13. The normalized spacial score (nSPS) is 13.9. The van der Waals surface area contributed by atoms with Gasteiger partial charge in [0.25, 0.3) is 0 Å². The monoisotopic (exact) mass is 390 g/mol. The van der Waals surface area contributed by atoms with E-state index in [-0.39, 0.29) is 11.6 Å². The molecule has 0 fully saturated rings. The molecule has 0 saturated carbocycles. The minimum atomic E-state index is -0.931. The fourth-order valence-electron chi connectivity index (χ4n) is 3.41. The van der Waals surface area contributed by atoms with Crippen LogP contribution in [0.2, 0.25) is 0 Å². The number of pyridine rings is 2. The van der Waals surface area contributed by atoms with Crippen molar-refractivity contribution in [3.05, 3.63) is 77.7 Å². The van der Waals surface area contributed by atoms with Crippen LogP contribution in [0.4, 0.5) is 11.5 Å². The van der Waals surface area contributed by atoms with Gasteiger partial charge in [0.05, 0.1) is 18.2 Å². The van der Waals surface area contributed by atoms with Crippen molar-refractivity contribution in [2.75, 3.05) is 23.4 Å². The summed E-state index contributed by atoms with van der Waals surface area (Å²) in [6.45, 7) is 4.10. The standard InChI is InChI=1S/C22H22N4O3/c1-15(17-4-6-18(7-5-17)22(27)28)25-21-20-19(8-10-24-21)29-12-11-26(20)14-16-3-2-9-23-13-16/h2-10,13,15H,11-12,14H2,1H3,(H,24,25)(H,27,28). The Kier molecular flexibility index (Phi) is 5.29. The fraction of sp³-hybridized carbons (Fsp3) is 0.227. The molecule has 0 aliphatic carbocycles. The predicted molar refractivity (Wildman–Crippen MR) is 110 cm³/mol. The summed E-state index contributed by atoms with van der Waals surface area (Å²) in [4.78, 5) is 22.1. The van der Waals surface area contributed by atoms with Gasteiger partial charge in [-0.3, -0.25) is 4.98 Å². The maximum atomic E-state index is 11.1. The molecule has 0 radical (unpaired) electrons. The van der Waals surface area contributed by atoms with E-state index in [0.717, 1.165) is 34.9 Å². The highest BCUT2D eigenvalue weighted by molar-refractivity contribution is 5.87. The third-order valence-corrected chi connectivity index (χ3v) is 4.93. The molecule has 4 rings (SSSR count). The van der Waals surface area contributed by atoms with Crippen molar-refractivity contribution in [2.45, 2.75) is 19.5 Å². The molecule has 29 heavy (non-hydrogen) atoms. The number of nitrogens with one attached hydrogen (secondary N) is 1. The van der Waals surface area contributed by atoms with Crippen LogP contribution in [0.25, 0.3) is 0 Å². The van der Waals surface area contributed by atoms with Crippen molar-refractivity contribution in [3.8, 4) is 5.75 Å². The Bertz CT molecular complexity index is 993. The van der Waals surface area contributed by atoms with E-state index in [2.05, 4.69) is 26.3 Å². The molecule has 1 unspecified atom stereocenters. The number of anilines is 2. The quantitative estimate of drug-likeness (QED) is 0.663. The van der Waals surface area contributed by atoms with Crippen LogP contribution in [-0.4, -0.2) is 34.2 Å². The van der Waals surface area contributed by atoms with Gasteiger partial charge in [0.15, 0.2) is 5.82 Å². The van der Waals surface area contributed by atoms with Crippen molar-refractivity contribution in [3.63, 3.8) is 0 Å². The van der Waals surface area contributed by atoms with Gasteiger partial charge in [0, 0.05) is 31.2 Å². The number of fused-ring (bicyclic) bond motifs is 1. The van der Waals surface area contributed by atoms with Gasteiger partial charge in [-0.05, 0) is 36.2 Å². The van der Waals surface area contributed by atoms with E-state index in [1.165, 1.54) is 0 Å². The molecule has 0 saturated heterocycles. The average Bonchev–Trinajstić information content (AvgIpc) is 2.75. The number of carboxylic acids is 1. The highest BCUT2D eigenvalue weighted by Gasteiger charge is 2.24. The van der Waals surface area contributed by atoms with Crippen LogP contribution in [-0.2, 0) is 6.54 Å². The van der Waals surface area contributed by atoms with Crippen LogP contribution in [0.1, 0.15) is 34.5 Å². The lowest BCUT2D eigenvalue weighted by Crippen LogP contribution is -2.33. The van der Waals surface area contributed by atoms with Gasteiger partial charge in [0.1, 0.15) is 18.0 Å². The average molecular weight is 390 g/mol. The van der Waals surface area contributed by atoms with Crippen molar-refractivity contribution in [2.24, 2.45) is 0 Å². The van der Waals surface area contributed by atoms with Gasteiger partial charge in [-0.2, -0.15) is 0 Å². The largest absolute Gasteiger partial charge is 0.489 e. The first kappa shape index (κ1) is 18.7. The predicted octanol–water partition coefficient (Wildman–Crippen LogP) is 3.75. The molecule has 2 N–H and O–H groups in total. The minimum Gasteiger partial charge on any atom is -0.489 e. The number of rotatable bonds is 6. The molecular formula is C22H22N4O3. The van der Waals surface area contributed by atoms with Gasteiger partial charge in [-0.15, -0.1) is 0 Å². The number of hydrogen-bond acceptors (Lipinski definition) is 6. The van der Waals surface area contributed by atoms with Gasteiger partial charge in [0.2, 0.25) is 0 Å². The molecule has 0 amide bonds. The zero-order valence-corrected chi connectivity index (χ0v) is 16.1. The zero-order chi connectivity index (χ0) is 20.2. The Morgan fingerprint density at radius 3 is 2.79 bits per heavy atom. The first-order chi connectivity index (χ1) is 14.1. The van der Waals surface area contributed by atoms with E-state index >= 15 is 0 Å². The lowest BCUT2D eigenvalue weighted by molar-refractivity contribution is 0.0697. The molecule has 3 heterocycles. The van der Waals surface area contributed by atoms with Crippen LogP contribution < -0.4 is 15.0 Å². The van der Waals surface area contributed by atoms with Crippen LogP contribution in [0.5, 0.6) is 5.75 Å². The summed E-state index contributed by atoms with van der Waals surface area (Å²) in [5, 5.41) is 12.5. The Hall–Kier alpha value is -3.61. The van der Waals surface area contributed by atoms with E-state index in [1.54, 1.807) is 24.5 Å². The molecule has 1 aliphatic heterocycles. The van der Waals surface area contributed by atoms with Crippen molar-refractivity contribution >= 4 is 17.5 Å². The SMILES string of the molecule is CC(Nc1nccc2c1N(Cc1cccnc1)CCO2)c1ccc(C(=O)O)cc1. The van der Waals surface area contributed by atoms with Crippen LogP contribution >= 0.6 is 0 Å². The van der Waals surface area contributed by atoms with Crippen molar-refractivity contribution < 1.29 is 14.6 Å². The Morgan fingerprint density at radius 2 is 2.07 bits per heavy atom. The van der Waals surface area contributed by atoms with Gasteiger partial charge in [-0.25, -0.2) is 9.78 Å². The van der Waals surface area contributed by atoms with E-state index in [9.17, 15) is 4.79 Å². The first-order valence-corrected chi connectivity index (χ1v) is 9.47. The lowest BCUT2D eigenvalue weighted by Gasteiger charge is -2.33. The van der Waals surface area contributed by atoms with E-state index in [1.807, 2.05) is 37.4 Å². The number of ether oxygens (including phenoxy) is 1. The number of aromatic carboxylic acids is 1. The molecule has 7 nitrogen and oxygen atoms in total. The second-order valence-electron chi connectivity index (χ2n) is 6.93. The highest BCUT2D eigenvalue weighted by atomic mass is 16.5. The molecule has 7 heteroatoms. The lowest BCUT2D eigenvalue weighted by atomic mass is 10.1. The number of hydrogen-bond donors (Lipinski definition) is 2. The van der Waals surface area contributed by atoms with Gasteiger partial charge < -0.3 is 20.1 Å². The number of benzene rings is 1. The zero-order valence-electron chi connectivity index (χ0n) is 16.1. The van der Waals surface area contributed by atoms with Crippen molar-refractivity contribution in [1.82, 2.24) is 9.97 Å². The molecule has 1 atom stereocenters. The Labute approximate surface area is 169 Å². The topological polar surface area (TPSA) is 87.6 Å². The summed E-state index contributed by atoms with van der Waals surface area (Å²) in [6.07, 6.45) is 5.36. The Morgan fingerprint density at radius 1 is 1.24 bits per heavy atom. The minimum absolute atomic E-state index is 0.0565. The number of nitrogens with zero attached hydrogens (tertiary/aromatic N) is 3. The molecule has 148 valence electrons. The van der Waals surface area contributed by atoms with Crippen molar-refractivity contribution in [1.29, 1.82) is 0 Å². The van der Waals surface area contributed by atoms with Crippen LogP contribution in [0.3, 0.4) is 0 Å². The van der Waals surface area contributed by atoms with Gasteiger partial charge in [-0.1, -0.05) is 18.2 Å². The summed E-state index contributed by atoms with van der Waals surface area (Å²) >= 11 is 0. The molecule has 0 bridgehead atoms. The first-order valence-electron chi connectivity index (χ1n) is 9.47. The second kappa shape index (κ2) is 8.18. The smallest absolute Gasteiger partial charge is 0.335 e. The maximum Gasteiger partial charge on any atom is 0.335 e. The highest BCUT2D eigenvalue weighted by Crippen LogP contribution is 2.39. The fourth-order valence-corrected chi connectivity index (χ4v) is 3.41. The van der Waals surface area contributed by atoms with E-state index < -0.39 is 5.97 Å². The molecule has 1 aromatic carbocycles. The maximum absolute atomic E-state index is 11.1. The van der Waals surface area contributed by atoms with Crippen LogP contribution in [0.15, 0.2) is 61.1 Å².